The molecule has 1 aliphatic rings. The van der Waals surface area contributed by atoms with Gasteiger partial charge in [-0.2, -0.15) is 0 Å². The molecule has 1 heteroatoms. The number of hydrogen-bond donors (Lipinski definition) is 0. The molecule has 0 saturated carbocycles. The van der Waals surface area contributed by atoms with Crippen LogP contribution in [-0.2, 0) is 12.2 Å². The summed E-state index contributed by atoms with van der Waals surface area (Å²) in [6, 6.07) is 17.6. The van der Waals surface area contributed by atoms with Crippen LogP contribution in [0.4, 0.5) is 0 Å². The van der Waals surface area contributed by atoms with Gasteiger partial charge in [0.15, 0.2) is 0 Å². The molecule has 1 aliphatic carbocycles. The third kappa shape index (κ3) is 2.78. The Bertz CT molecular complexity index is 516. The number of benzene rings is 2. The minimum atomic E-state index is 1.06. The van der Waals surface area contributed by atoms with Gasteiger partial charge in [-0.15, -0.1) is 11.8 Å². The van der Waals surface area contributed by atoms with Crippen molar-refractivity contribution in [1.82, 2.24) is 0 Å². The van der Waals surface area contributed by atoms with Crippen molar-refractivity contribution in [3.05, 3.63) is 71.6 Å². The molecule has 2 aromatic carbocycles. The van der Waals surface area contributed by atoms with Crippen LogP contribution < -0.4 is 0 Å². The van der Waals surface area contributed by atoms with Crippen LogP contribution in [-0.4, -0.2) is 0 Å². The average Bonchev–Trinajstić information content (AvgIpc) is 2.46. The van der Waals surface area contributed by atoms with Crippen molar-refractivity contribution in [2.45, 2.75) is 29.9 Å². The van der Waals surface area contributed by atoms with Gasteiger partial charge in [0, 0.05) is 10.6 Å². The summed E-state index contributed by atoms with van der Waals surface area (Å²) < 4.78 is 0. The summed E-state index contributed by atoms with van der Waals surface area (Å²) >= 11 is 1.93. The first-order chi connectivity index (χ1) is 8.92. The largest absolute Gasteiger partial charge is 0.121 e. The summed E-state index contributed by atoms with van der Waals surface area (Å²) in [5.41, 5.74) is 4.37. The minimum Gasteiger partial charge on any atom is -0.121 e. The van der Waals surface area contributed by atoms with Crippen LogP contribution in [0.3, 0.4) is 0 Å². The molecule has 91 valence electrons. The maximum absolute atomic E-state index is 2.37. The maximum atomic E-state index is 2.37. The van der Waals surface area contributed by atoms with Gasteiger partial charge in [-0.25, -0.2) is 0 Å². The van der Waals surface area contributed by atoms with Gasteiger partial charge in [0.1, 0.15) is 0 Å². The normalized spacial score (nSPS) is 14.2. The van der Waals surface area contributed by atoms with Gasteiger partial charge in [0.05, 0.1) is 0 Å². The van der Waals surface area contributed by atoms with Crippen molar-refractivity contribution in [2.75, 3.05) is 0 Å². The predicted octanol–water partition coefficient (Wildman–Crippen LogP) is 4.87. The number of hydrogen-bond acceptors (Lipinski definition) is 1. The zero-order chi connectivity index (χ0) is 12.2. The van der Waals surface area contributed by atoms with Gasteiger partial charge in [-0.05, 0) is 54.5 Å². The summed E-state index contributed by atoms with van der Waals surface area (Å²) in [4.78, 5) is 1.40. The molecule has 0 nitrogen and oxygen atoms in total. The fraction of sp³-hybridized carbons (Fsp3) is 0.235. The van der Waals surface area contributed by atoms with Crippen LogP contribution in [0.5, 0.6) is 0 Å². The molecule has 0 spiro atoms. The molecule has 0 unspecified atom stereocenters. The summed E-state index contributed by atoms with van der Waals surface area (Å²) in [6.45, 7) is 0. The Kier molecular flexibility index (Phi) is 3.70. The lowest BCUT2D eigenvalue weighted by Gasteiger charge is -2.16. The highest BCUT2D eigenvalue weighted by Crippen LogP contribution is 2.29. The average molecular weight is 253 g/mol. The van der Waals surface area contributed by atoms with E-state index >= 15 is 0 Å². The van der Waals surface area contributed by atoms with E-state index in [1.165, 1.54) is 40.8 Å². The first-order valence-electron chi connectivity index (χ1n) is 6.55. The molecule has 0 amide bonds. The van der Waals surface area contributed by atoms with Crippen molar-refractivity contribution in [1.29, 1.82) is 0 Å². The van der Waals surface area contributed by atoms with Crippen molar-refractivity contribution >= 4 is 11.8 Å². The molecular formula is C17H17S. The zero-order valence-electron chi connectivity index (χ0n) is 10.4. The van der Waals surface area contributed by atoms with E-state index in [4.69, 9.17) is 0 Å². The molecule has 0 fully saturated rings. The molecule has 0 atom stereocenters. The van der Waals surface area contributed by atoms with Gasteiger partial charge >= 0.3 is 0 Å². The van der Waals surface area contributed by atoms with Gasteiger partial charge in [0.2, 0.25) is 0 Å². The molecule has 0 bridgehead atoms. The predicted molar refractivity (Wildman–Crippen MR) is 78.8 cm³/mol. The molecule has 2 aromatic rings. The molecule has 3 rings (SSSR count). The second-order valence-corrected chi connectivity index (χ2v) is 5.78. The van der Waals surface area contributed by atoms with E-state index in [-0.39, 0.29) is 0 Å². The summed E-state index contributed by atoms with van der Waals surface area (Å²) in [5, 5.41) is 0. The summed E-state index contributed by atoms with van der Waals surface area (Å²) in [6.07, 6.45) is 6.15. The molecule has 0 heterocycles. The smallest absolute Gasteiger partial charge is 0.0231 e. The Morgan fingerprint density at radius 1 is 1.00 bits per heavy atom. The van der Waals surface area contributed by atoms with Crippen LogP contribution in [0.1, 0.15) is 29.5 Å². The topological polar surface area (TPSA) is 0 Å². The first-order valence-corrected chi connectivity index (χ1v) is 7.53. The van der Waals surface area contributed by atoms with Crippen molar-refractivity contribution in [3.63, 3.8) is 0 Å². The number of aryl methyl sites for hydroxylation is 1. The third-order valence-electron chi connectivity index (χ3n) is 3.38. The molecule has 0 N–H and O–H groups in total. The van der Waals surface area contributed by atoms with Gasteiger partial charge in [-0.1, -0.05) is 36.4 Å². The number of rotatable bonds is 3. The lowest BCUT2D eigenvalue weighted by atomic mass is 9.92. The van der Waals surface area contributed by atoms with Crippen LogP contribution in [0.15, 0.2) is 53.4 Å². The fourth-order valence-corrected chi connectivity index (χ4v) is 3.29. The second-order valence-electron chi connectivity index (χ2n) is 4.73. The highest BCUT2D eigenvalue weighted by atomic mass is 32.2. The SMILES string of the molecule is [CH]1CCCc2cc(SCc3ccccc3)ccc21. The fourth-order valence-electron chi connectivity index (χ4n) is 2.38. The van der Waals surface area contributed by atoms with E-state index < -0.39 is 0 Å². The lowest BCUT2D eigenvalue weighted by molar-refractivity contribution is 0.772. The Morgan fingerprint density at radius 2 is 1.89 bits per heavy atom. The Labute approximate surface area is 113 Å². The number of thioether (sulfide) groups is 1. The van der Waals surface area contributed by atoms with E-state index in [2.05, 4.69) is 55.0 Å². The van der Waals surface area contributed by atoms with Gasteiger partial charge in [0.25, 0.3) is 0 Å². The summed E-state index contributed by atoms with van der Waals surface area (Å²) in [5.74, 6) is 1.06. The molecule has 18 heavy (non-hydrogen) atoms. The Hall–Kier alpha value is -1.21. The minimum absolute atomic E-state index is 1.06. The summed E-state index contributed by atoms with van der Waals surface area (Å²) in [7, 11) is 0. The van der Waals surface area contributed by atoms with Gasteiger partial charge < -0.3 is 0 Å². The molecule has 0 aliphatic heterocycles. The van der Waals surface area contributed by atoms with Crippen molar-refractivity contribution in [3.8, 4) is 0 Å². The van der Waals surface area contributed by atoms with Crippen LogP contribution >= 0.6 is 11.8 Å². The Balaban J connectivity index is 1.70. The van der Waals surface area contributed by atoms with Crippen LogP contribution in [0.2, 0.25) is 0 Å². The monoisotopic (exact) mass is 253 g/mol. The van der Waals surface area contributed by atoms with Crippen LogP contribution in [0, 0.1) is 6.42 Å². The quantitative estimate of drug-likeness (QED) is 0.703. The molecule has 0 saturated heterocycles. The highest BCUT2D eigenvalue weighted by molar-refractivity contribution is 7.98. The van der Waals surface area contributed by atoms with E-state index in [1.807, 2.05) is 11.8 Å². The van der Waals surface area contributed by atoms with E-state index in [1.54, 1.807) is 0 Å². The third-order valence-corrected chi connectivity index (χ3v) is 4.44. The second kappa shape index (κ2) is 5.62. The van der Waals surface area contributed by atoms with Crippen molar-refractivity contribution in [2.24, 2.45) is 0 Å². The standard InChI is InChI=1S/C17H17S/c1-2-6-14(7-3-1)13-18-17-11-10-15-8-4-5-9-16(15)12-17/h1-3,6-8,10-12H,4-5,9,13H2. The zero-order valence-corrected chi connectivity index (χ0v) is 11.2. The van der Waals surface area contributed by atoms with Gasteiger partial charge in [-0.3, -0.25) is 0 Å². The maximum Gasteiger partial charge on any atom is 0.0231 e. The molecule has 0 aromatic heterocycles. The number of fused-ring (bicyclic) bond motifs is 1. The highest BCUT2D eigenvalue weighted by Gasteiger charge is 2.09. The molecule has 1 radical (unpaired) electrons. The Morgan fingerprint density at radius 3 is 2.78 bits per heavy atom. The lowest BCUT2D eigenvalue weighted by Crippen LogP contribution is -2.00. The van der Waals surface area contributed by atoms with Crippen molar-refractivity contribution < 1.29 is 0 Å². The van der Waals surface area contributed by atoms with E-state index in [0.29, 0.717) is 0 Å². The molecular weight excluding hydrogens is 236 g/mol. The van der Waals surface area contributed by atoms with Crippen LogP contribution in [0.25, 0.3) is 0 Å². The van der Waals surface area contributed by atoms with E-state index in [0.717, 1.165) is 5.75 Å². The first kappa shape index (κ1) is 11.9. The van der Waals surface area contributed by atoms with E-state index in [9.17, 15) is 0 Å².